The van der Waals surface area contributed by atoms with Crippen molar-refractivity contribution < 1.29 is 4.39 Å². The van der Waals surface area contributed by atoms with Crippen molar-refractivity contribution in [3.05, 3.63) is 29.6 Å². The maximum atomic E-state index is 14.1. The summed E-state index contributed by atoms with van der Waals surface area (Å²) in [5.41, 5.74) is 1.81. The van der Waals surface area contributed by atoms with Gasteiger partial charge in [0.15, 0.2) is 0 Å². The molecule has 1 aromatic rings. The zero-order chi connectivity index (χ0) is 13.3. The molecule has 100 valence electrons. The fourth-order valence-electron chi connectivity index (χ4n) is 3.07. The number of hydrogen-bond acceptors (Lipinski definition) is 2. The smallest absolute Gasteiger partial charge is 0.146 e. The van der Waals surface area contributed by atoms with Gasteiger partial charge in [0.25, 0.3) is 0 Å². The lowest BCUT2D eigenvalue weighted by atomic mass is 9.86. The number of para-hydroxylation sites is 1. The second kappa shape index (κ2) is 5.27. The second-order valence-electron chi connectivity index (χ2n) is 5.38. The average Bonchev–Trinajstić information content (AvgIpc) is 2.34. The molecule has 1 fully saturated rings. The molecule has 1 aliphatic rings. The number of halogens is 1. The molecule has 18 heavy (non-hydrogen) atoms. The molecule has 0 aliphatic carbocycles. The minimum Gasteiger partial charge on any atom is -0.366 e. The molecule has 1 aromatic carbocycles. The van der Waals surface area contributed by atoms with Crippen molar-refractivity contribution in [2.45, 2.75) is 39.3 Å². The first kappa shape index (κ1) is 13.3. The van der Waals surface area contributed by atoms with Gasteiger partial charge >= 0.3 is 0 Å². The highest BCUT2D eigenvalue weighted by Gasteiger charge is 2.33. The Kier molecular flexibility index (Phi) is 3.91. The lowest BCUT2D eigenvalue weighted by Crippen LogP contribution is -2.53. The van der Waals surface area contributed by atoms with Gasteiger partial charge in [0.2, 0.25) is 0 Å². The molecule has 3 heteroatoms. The van der Waals surface area contributed by atoms with E-state index in [0.29, 0.717) is 18.0 Å². The highest BCUT2D eigenvalue weighted by atomic mass is 19.1. The van der Waals surface area contributed by atoms with Crippen molar-refractivity contribution in [3.63, 3.8) is 0 Å². The number of aryl methyl sites for hydroxylation is 1. The van der Waals surface area contributed by atoms with Crippen molar-refractivity contribution in [1.82, 2.24) is 5.32 Å². The van der Waals surface area contributed by atoms with E-state index < -0.39 is 0 Å². The summed E-state index contributed by atoms with van der Waals surface area (Å²) in [6, 6.07) is 6.21. The van der Waals surface area contributed by atoms with Crippen LogP contribution in [0.2, 0.25) is 0 Å². The normalized spacial score (nSPS) is 28.5. The number of piperidine rings is 1. The molecule has 0 saturated carbocycles. The van der Waals surface area contributed by atoms with Crippen LogP contribution in [0.15, 0.2) is 18.2 Å². The van der Waals surface area contributed by atoms with Crippen LogP contribution < -0.4 is 10.2 Å². The van der Waals surface area contributed by atoms with Crippen molar-refractivity contribution in [2.24, 2.45) is 5.92 Å². The van der Waals surface area contributed by atoms with E-state index in [-0.39, 0.29) is 5.82 Å². The molecule has 2 nitrogen and oxygen atoms in total. The van der Waals surface area contributed by atoms with Crippen LogP contribution in [0, 0.1) is 18.7 Å². The largest absolute Gasteiger partial charge is 0.366 e. The monoisotopic (exact) mass is 250 g/mol. The Hall–Kier alpha value is -1.09. The van der Waals surface area contributed by atoms with Gasteiger partial charge < -0.3 is 10.2 Å². The van der Waals surface area contributed by atoms with E-state index in [2.05, 4.69) is 24.1 Å². The number of benzene rings is 1. The minimum atomic E-state index is -0.100. The van der Waals surface area contributed by atoms with Crippen LogP contribution in [0.4, 0.5) is 10.1 Å². The van der Waals surface area contributed by atoms with E-state index in [0.717, 1.165) is 24.2 Å². The van der Waals surface area contributed by atoms with Crippen molar-refractivity contribution >= 4 is 5.69 Å². The Bertz CT molecular complexity index is 399. The highest BCUT2D eigenvalue weighted by molar-refractivity contribution is 5.55. The van der Waals surface area contributed by atoms with E-state index in [1.807, 2.05) is 20.0 Å². The molecule has 0 radical (unpaired) electrons. The molecule has 1 saturated heterocycles. The van der Waals surface area contributed by atoms with E-state index in [1.54, 1.807) is 12.1 Å². The summed E-state index contributed by atoms with van der Waals surface area (Å²) in [6.45, 7) is 7.34. The molecule has 0 bridgehead atoms. The van der Waals surface area contributed by atoms with Crippen molar-refractivity contribution in [2.75, 3.05) is 18.5 Å². The Morgan fingerprint density at radius 2 is 2.06 bits per heavy atom. The summed E-state index contributed by atoms with van der Waals surface area (Å²) in [7, 11) is 2.01. The zero-order valence-electron chi connectivity index (χ0n) is 11.7. The summed E-state index contributed by atoms with van der Waals surface area (Å²) in [5.74, 6) is 0.416. The van der Waals surface area contributed by atoms with Gasteiger partial charge in [-0.3, -0.25) is 0 Å². The van der Waals surface area contributed by atoms with Gasteiger partial charge in [-0.15, -0.1) is 0 Å². The maximum absolute atomic E-state index is 14.1. The first-order chi connectivity index (χ1) is 8.56. The van der Waals surface area contributed by atoms with Gasteiger partial charge in [0.1, 0.15) is 5.82 Å². The fraction of sp³-hybridized carbons (Fsp3) is 0.600. The second-order valence-corrected chi connectivity index (χ2v) is 5.38. The molecule has 3 unspecified atom stereocenters. The third-order valence-electron chi connectivity index (χ3n) is 4.41. The molecule has 1 aliphatic heterocycles. The number of hydrogen-bond donors (Lipinski definition) is 1. The van der Waals surface area contributed by atoms with Gasteiger partial charge in [-0.05, 0) is 44.9 Å². The first-order valence-electron chi connectivity index (χ1n) is 6.75. The summed E-state index contributed by atoms with van der Waals surface area (Å²) < 4.78 is 14.1. The minimum absolute atomic E-state index is 0.100. The maximum Gasteiger partial charge on any atom is 0.146 e. The third kappa shape index (κ3) is 2.24. The van der Waals surface area contributed by atoms with Crippen LogP contribution in [-0.4, -0.2) is 25.7 Å². The van der Waals surface area contributed by atoms with Crippen LogP contribution in [-0.2, 0) is 0 Å². The molecule has 0 aromatic heterocycles. The van der Waals surface area contributed by atoms with E-state index in [9.17, 15) is 4.39 Å². The molecule has 0 amide bonds. The van der Waals surface area contributed by atoms with Crippen LogP contribution in [0.5, 0.6) is 0 Å². The van der Waals surface area contributed by atoms with Gasteiger partial charge in [-0.25, -0.2) is 4.39 Å². The Labute approximate surface area is 109 Å². The fourth-order valence-corrected chi connectivity index (χ4v) is 3.07. The summed E-state index contributed by atoms with van der Waals surface area (Å²) in [6.07, 6.45) is 1.07. The van der Waals surface area contributed by atoms with Crippen LogP contribution in [0.1, 0.15) is 25.8 Å². The topological polar surface area (TPSA) is 15.3 Å². The van der Waals surface area contributed by atoms with Gasteiger partial charge in [-0.2, -0.15) is 0 Å². The van der Waals surface area contributed by atoms with E-state index in [4.69, 9.17) is 0 Å². The lowest BCUT2D eigenvalue weighted by Gasteiger charge is -2.44. The van der Waals surface area contributed by atoms with Crippen LogP contribution in [0.3, 0.4) is 0 Å². The molecule has 1 heterocycles. The highest BCUT2D eigenvalue weighted by Crippen LogP contribution is 2.32. The summed E-state index contributed by atoms with van der Waals surface area (Å²) in [5, 5.41) is 3.36. The molecular formula is C15H23FN2. The zero-order valence-corrected chi connectivity index (χ0v) is 11.7. The number of nitrogens with zero attached hydrogens (tertiary/aromatic N) is 1. The van der Waals surface area contributed by atoms with Gasteiger partial charge in [0, 0.05) is 18.6 Å². The third-order valence-corrected chi connectivity index (χ3v) is 4.41. The van der Waals surface area contributed by atoms with Crippen LogP contribution >= 0.6 is 0 Å². The molecule has 1 N–H and O–H groups in total. The Morgan fingerprint density at radius 3 is 2.67 bits per heavy atom. The predicted molar refractivity (Wildman–Crippen MR) is 74.6 cm³/mol. The molecular weight excluding hydrogens is 227 g/mol. The lowest BCUT2D eigenvalue weighted by molar-refractivity contribution is 0.281. The number of nitrogens with one attached hydrogen (secondary N) is 1. The van der Waals surface area contributed by atoms with Gasteiger partial charge in [0.05, 0.1) is 5.69 Å². The number of anilines is 1. The standard InChI is InChI=1S/C15H23FN2/c1-10-6-5-7-13(16)15(10)18-9-8-14(17-4)11(2)12(18)3/h5-7,11-12,14,17H,8-9H2,1-4H3. The van der Waals surface area contributed by atoms with E-state index in [1.165, 1.54) is 0 Å². The predicted octanol–water partition coefficient (Wildman–Crippen LogP) is 2.96. The SMILES string of the molecule is CNC1CCN(c2c(C)cccc2F)C(C)C1C. The van der Waals surface area contributed by atoms with Crippen molar-refractivity contribution in [1.29, 1.82) is 0 Å². The van der Waals surface area contributed by atoms with Crippen LogP contribution in [0.25, 0.3) is 0 Å². The summed E-state index contributed by atoms with van der Waals surface area (Å²) >= 11 is 0. The Morgan fingerprint density at radius 1 is 1.33 bits per heavy atom. The molecule has 2 rings (SSSR count). The summed E-state index contributed by atoms with van der Waals surface area (Å²) in [4.78, 5) is 2.23. The first-order valence-corrected chi connectivity index (χ1v) is 6.75. The Balaban J connectivity index is 2.29. The molecule has 3 atom stereocenters. The molecule has 0 spiro atoms. The average molecular weight is 250 g/mol. The van der Waals surface area contributed by atoms with Crippen molar-refractivity contribution in [3.8, 4) is 0 Å². The van der Waals surface area contributed by atoms with E-state index >= 15 is 0 Å². The number of rotatable bonds is 2. The quantitative estimate of drug-likeness (QED) is 0.868. The van der Waals surface area contributed by atoms with Gasteiger partial charge in [-0.1, -0.05) is 19.1 Å².